The van der Waals surface area contributed by atoms with Gasteiger partial charge in [0.2, 0.25) is 0 Å². The van der Waals surface area contributed by atoms with Crippen LogP contribution in [0.5, 0.6) is 0 Å². The fraction of sp³-hybridized carbons (Fsp3) is 0.455. The summed E-state index contributed by atoms with van der Waals surface area (Å²) in [5.74, 6) is 0.729. The summed E-state index contributed by atoms with van der Waals surface area (Å²) in [6, 6.07) is 10.2. The highest BCUT2D eigenvalue weighted by atomic mass is 19.1. The lowest BCUT2D eigenvalue weighted by atomic mass is 9.72. The minimum atomic E-state index is -1.31. The van der Waals surface area contributed by atoms with Crippen LogP contribution in [0.3, 0.4) is 0 Å². The lowest BCUT2D eigenvalue weighted by Crippen LogP contribution is -2.33. The number of benzene rings is 1. The molecule has 0 atom stereocenters. The van der Waals surface area contributed by atoms with Gasteiger partial charge in [0.05, 0.1) is 6.67 Å². The van der Waals surface area contributed by atoms with E-state index < -0.39 is 5.67 Å². The number of hydrogen-bond donors (Lipinski definition) is 0. The summed E-state index contributed by atoms with van der Waals surface area (Å²) in [5, 5.41) is 0. The number of rotatable bonds is 5. The van der Waals surface area contributed by atoms with Gasteiger partial charge < -0.3 is 0 Å². The molecule has 0 aliphatic heterocycles. The van der Waals surface area contributed by atoms with Gasteiger partial charge in [-0.3, -0.25) is 4.39 Å². The summed E-state index contributed by atoms with van der Waals surface area (Å²) in [6.07, 6.45) is 15.9. The van der Waals surface area contributed by atoms with E-state index in [4.69, 9.17) is 0 Å². The Balaban J connectivity index is 1.58. The molecule has 1 fully saturated rings. The molecule has 0 spiro atoms. The van der Waals surface area contributed by atoms with Gasteiger partial charge in [0.15, 0.2) is 0 Å². The third-order valence-electron chi connectivity index (χ3n) is 5.38. The first-order valence-electron chi connectivity index (χ1n) is 9.06. The average molecular weight is 328 g/mol. The Hall–Kier alpha value is -1.70. The molecule has 0 nitrogen and oxygen atoms in total. The van der Waals surface area contributed by atoms with E-state index in [1.807, 2.05) is 36.4 Å². The van der Waals surface area contributed by atoms with E-state index in [0.717, 1.165) is 25.7 Å². The van der Waals surface area contributed by atoms with Gasteiger partial charge in [-0.05, 0) is 55.7 Å². The molecule has 3 rings (SSSR count). The zero-order valence-electron chi connectivity index (χ0n) is 14.1. The smallest absolute Gasteiger partial charge is 0.150 e. The van der Waals surface area contributed by atoms with E-state index in [0.29, 0.717) is 12.3 Å². The van der Waals surface area contributed by atoms with Crippen molar-refractivity contribution in [3.8, 4) is 0 Å². The molecular formula is C22H26F2. The maximum absolute atomic E-state index is 15.3. The highest BCUT2D eigenvalue weighted by molar-refractivity contribution is 5.35. The zero-order chi connectivity index (χ0) is 16.8. The lowest BCUT2D eigenvalue weighted by Gasteiger charge is -2.36. The molecule has 0 unspecified atom stereocenters. The highest BCUT2D eigenvalue weighted by Gasteiger charge is 2.38. The molecule has 1 aromatic carbocycles. The van der Waals surface area contributed by atoms with Crippen LogP contribution in [-0.4, -0.2) is 12.3 Å². The summed E-state index contributed by atoms with van der Waals surface area (Å²) in [5.41, 5.74) is -0.104. The normalized spacial score (nSPS) is 33.2. The molecular weight excluding hydrogens is 302 g/mol. The number of hydrogen-bond acceptors (Lipinski definition) is 0. The minimum absolute atomic E-state index is 0.0625. The zero-order valence-corrected chi connectivity index (χ0v) is 14.1. The summed E-state index contributed by atoms with van der Waals surface area (Å²) in [7, 11) is 0. The van der Waals surface area contributed by atoms with Gasteiger partial charge in [0.1, 0.15) is 5.67 Å². The van der Waals surface area contributed by atoms with Crippen molar-refractivity contribution in [3.05, 3.63) is 72.4 Å². The van der Waals surface area contributed by atoms with E-state index in [9.17, 15) is 4.39 Å². The predicted octanol–water partition coefficient (Wildman–Crippen LogP) is 6.33. The lowest BCUT2D eigenvalue weighted by molar-refractivity contribution is 0.138. The maximum Gasteiger partial charge on any atom is 0.150 e. The molecule has 0 bridgehead atoms. The third-order valence-corrected chi connectivity index (χ3v) is 5.38. The van der Waals surface area contributed by atoms with Crippen molar-refractivity contribution >= 4 is 0 Å². The highest BCUT2D eigenvalue weighted by Crippen LogP contribution is 2.42. The Morgan fingerprint density at radius 2 is 1.67 bits per heavy atom. The van der Waals surface area contributed by atoms with Crippen molar-refractivity contribution in [3.63, 3.8) is 0 Å². The van der Waals surface area contributed by atoms with Crippen LogP contribution >= 0.6 is 0 Å². The Labute approximate surface area is 144 Å². The van der Waals surface area contributed by atoms with Crippen LogP contribution in [0.4, 0.5) is 8.78 Å². The molecule has 2 heteroatoms. The summed E-state index contributed by atoms with van der Waals surface area (Å²) in [4.78, 5) is 0. The monoisotopic (exact) mass is 328 g/mol. The van der Waals surface area contributed by atoms with Crippen molar-refractivity contribution in [2.45, 2.75) is 43.7 Å². The van der Waals surface area contributed by atoms with Crippen molar-refractivity contribution < 1.29 is 8.78 Å². The van der Waals surface area contributed by atoms with Crippen LogP contribution in [0.2, 0.25) is 0 Å². The summed E-state index contributed by atoms with van der Waals surface area (Å²) >= 11 is 0. The van der Waals surface area contributed by atoms with E-state index >= 15 is 4.39 Å². The van der Waals surface area contributed by atoms with Crippen LogP contribution in [0.25, 0.3) is 0 Å². The molecule has 0 aromatic heterocycles. The van der Waals surface area contributed by atoms with Gasteiger partial charge in [-0.25, -0.2) is 4.39 Å². The van der Waals surface area contributed by atoms with Crippen LogP contribution in [0.15, 0.2) is 66.8 Å². The number of halogens is 2. The fourth-order valence-corrected chi connectivity index (χ4v) is 3.90. The van der Waals surface area contributed by atoms with E-state index in [-0.39, 0.29) is 18.5 Å². The molecule has 0 heterocycles. The van der Waals surface area contributed by atoms with Crippen LogP contribution in [0.1, 0.15) is 43.6 Å². The fourth-order valence-electron chi connectivity index (χ4n) is 3.90. The summed E-state index contributed by atoms with van der Waals surface area (Å²) in [6.45, 7) is -0.294. The van der Waals surface area contributed by atoms with Gasteiger partial charge in [-0.1, -0.05) is 54.6 Å². The molecule has 2 aliphatic carbocycles. The third kappa shape index (κ3) is 4.03. The first-order valence-corrected chi connectivity index (χ1v) is 9.06. The van der Waals surface area contributed by atoms with Crippen molar-refractivity contribution in [1.29, 1.82) is 0 Å². The van der Waals surface area contributed by atoms with Gasteiger partial charge in [0.25, 0.3) is 0 Å². The number of allylic oxidation sites excluding steroid dienone is 6. The van der Waals surface area contributed by atoms with Crippen molar-refractivity contribution in [1.82, 2.24) is 0 Å². The second-order valence-corrected chi connectivity index (χ2v) is 7.00. The van der Waals surface area contributed by atoms with Gasteiger partial charge in [0, 0.05) is 11.8 Å². The van der Waals surface area contributed by atoms with Crippen LogP contribution < -0.4 is 0 Å². The Kier molecular flexibility index (Phi) is 5.65. The molecule has 2 aliphatic rings. The van der Waals surface area contributed by atoms with Crippen molar-refractivity contribution in [2.75, 3.05) is 6.67 Å². The quantitative estimate of drug-likeness (QED) is 0.554. The van der Waals surface area contributed by atoms with Gasteiger partial charge in [-0.2, -0.15) is 0 Å². The van der Waals surface area contributed by atoms with E-state index in [2.05, 4.69) is 18.2 Å². The molecule has 0 amide bonds. The Bertz CT molecular complexity index is 578. The number of alkyl halides is 2. The Morgan fingerprint density at radius 1 is 1.00 bits per heavy atom. The average Bonchev–Trinajstić information content (AvgIpc) is 2.64. The van der Waals surface area contributed by atoms with E-state index in [1.54, 1.807) is 12.2 Å². The molecule has 128 valence electrons. The summed E-state index contributed by atoms with van der Waals surface area (Å²) < 4.78 is 27.5. The van der Waals surface area contributed by atoms with Crippen LogP contribution in [-0.2, 0) is 0 Å². The van der Waals surface area contributed by atoms with E-state index in [1.165, 1.54) is 5.56 Å². The molecule has 0 radical (unpaired) electrons. The molecule has 0 saturated heterocycles. The first-order chi connectivity index (χ1) is 11.7. The van der Waals surface area contributed by atoms with Gasteiger partial charge in [-0.15, -0.1) is 0 Å². The Morgan fingerprint density at radius 3 is 2.29 bits per heavy atom. The second-order valence-electron chi connectivity index (χ2n) is 7.00. The molecule has 0 N–H and O–H groups in total. The predicted molar refractivity (Wildman–Crippen MR) is 96.5 cm³/mol. The largest absolute Gasteiger partial charge is 0.251 e. The standard InChI is InChI=1S/C22H26F2/c23-17-5-4-6-18-9-11-21(12-10-18)22(24)15-13-20(14-16-22)19-7-2-1-3-8-19/h1-4,6-8,13-16,18,20-21H,5,9-12,17H2/b6-4+. The second kappa shape index (κ2) is 7.92. The molecule has 1 saturated carbocycles. The van der Waals surface area contributed by atoms with Crippen molar-refractivity contribution in [2.24, 2.45) is 11.8 Å². The SMILES string of the molecule is FCC/C=C/C1CCC(C2(F)C=CC(c3ccccc3)C=C2)CC1. The van der Waals surface area contributed by atoms with Gasteiger partial charge >= 0.3 is 0 Å². The topological polar surface area (TPSA) is 0 Å². The minimum Gasteiger partial charge on any atom is -0.251 e. The molecule has 24 heavy (non-hydrogen) atoms. The van der Waals surface area contributed by atoms with Crippen LogP contribution in [0, 0.1) is 11.8 Å². The molecule has 1 aromatic rings. The first kappa shape index (κ1) is 17.1. The maximum atomic E-state index is 15.3.